The Balaban J connectivity index is 1.60. The number of aryl methyl sites for hydroxylation is 1. The van der Waals surface area contributed by atoms with Crippen molar-refractivity contribution in [3.8, 4) is 5.82 Å². The molecule has 3 aromatic heterocycles. The number of pyridine rings is 2. The van der Waals surface area contributed by atoms with E-state index in [2.05, 4.69) is 30.6 Å². The van der Waals surface area contributed by atoms with Crippen LogP contribution in [-0.2, 0) is 10.0 Å². The number of anilines is 2. The van der Waals surface area contributed by atoms with Gasteiger partial charge in [0.15, 0.2) is 5.11 Å². The molecule has 2 N–H and O–H groups in total. The monoisotopic (exact) mass is 504 g/mol. The van der Waals surface area contributed by atoms with Crippen LogP contribution in [0.4, 0.5) is 11.4 Å². The van der Waals surface area contributed by atoms with Crippen LogP contribution in [0.25, 0.3) is 5.82 Å². The van der Waals surface area contributed by atoms with Crippen molar-refractivity contribution in [2.45, 2.75) is 19.0 Å². The van der Waals surface area contributed by atoms with Crippen LogP contribution in [0.1, 0.15) is 29.0 Å². The van der Waals surface area contributed by atoms with E-state index >= 15 is 0 Å². The zero-order chi connectivity index (χ0) is 24.6. The molecule has 35 heavy (non-hydrogen) atoms. The normalized spacial score (nSPS) is 17.9. The van der Waals surface area contributed by atoms with Crippen LogP contribution in [-0.4, -0.2) is 34.3 Å². The maximum Gasteiger partial charge on any atom is 0.229 e. The third kappa shape index (κ3) is 4.75. The second-order valence-electron chi connectivity index (χ2n) is 8.41. The van der Waals surface area contributed by atoms with Gasteiger partial charge in [0.2, 0.25) is 10.0 Å². The number of benzene rings is 1. The van der Waals surface area contributed by atoms with Crippen molar-refractivity contribution in [1.29, 1.82) is 0 Å². The van der Waals surface area contributed by atoms with Gasteiger partial charge in [0, 0.05) is 35.7 Å². The molecule has 1 aromatic carbocycles. The van der Waals surface area contributed by atoms with Gasteiger partial charge < -0.3 is 14.8 Å². The molecule has 0 bridgehead atoms. The first kappa shape index (κ1) is 23.0. The molecule has 4 heterocycles. The molecule has 0 amide bonds. The summed E-state index contributed by atoms with van der Waals surface area (Å²) in [5.74, 6) is 0.806. The third-order valence-corrected chi connectivity index (χ3v) is 6.69. The molecule has 8 nitrogen and oxygen atoms in total. The molecule has 178 valence electrons. The Bertz CT molecular complexity index is 1450. The predicted octanol–water partition coefficient (Wildman–Crippen LogP) is 4.12. The third-order valence-electron chi connectivity index (χ3n) is 5.77. The van der Waals surface area contributed by atoms with E-state index in [1.165, 1.54) is 0 Å². The summed E-state index contributed by atoms with van der Waals surface area (Å²) in [6.45, 7) is 2.01. The summed E-state index contributed by atoms with van der Waals surface area (Å²) < 4.78 is 27.8. The van der Waals surface area contributed by atoms with Gasteiger partial charge in [-0.05, 0) is 79.3 Å². The van der Waals surface area contributed by atoms with Gasteiger partial charge in [-0.3, -0.25) is 9.71 Å². The lowest BCUT2D eigenvalue weighted by Gasteiger charge is -2.29. The predicted molar refractivity (Wildman–Crippen MR) is 141 cm³/mol. The summed E-state index contributed by atoms with van der Waals surface area (Å²) in [4.78, 5) is 11.3. The Morgan fingerprint density at radius 3 is 2.46 bits per heavy atom. The Hall–Kier alpha value is -3.76. The van der Waals surface area contributed by atoms with Crippen molar-refractivity contribution in [1.82, 2.24) is 19.9 Å². The van der Waals surface area contributed by atoms with Gasteiger partial charge in [-0.1, -0.05) is 12.1 Å². The van der Waals surface area contributed by atoms with Crippen LogP contribution in [0.5, 0.6) is 0 Å². The lowest BCUT2D eigenvalue weighted by Crippen LogP contribution is -2.30. The van der Waals surface area contributed by atoms with Crippen LogP contribution in [0.3, 0.4) is 0 Å². The van der Waals surface area contributed by atoms with Crippen LogP contribution >= 0.6 is 12.2 Å². The largest absolute Gasteiger partial charge is 0.351 e. The van der Waals surface area contributed by atoms with Gasteiger partial charge in [-0.15, -0.1) is 0 Å². The molecule has 10 heteroatoms. The molecule has 0 saturated carbocycles. The number of hydrogen-bond donors (Lipinski definition) is 2. The lowest BCUT2D eigenvalue weighted by atomic mass is 10.0. The highest BCUT2D eigenvalue weighted by Gasteiger charge is 2.42. The Morgan fingerprint density at radius 2 is 1.80 bits per heavy atom. The van der Waals surface area contributed by atoms with Gasteiger partial charge in [-0.2, -0.15) is 0 Å². The summed E-state index contributed by atoms with van der Waals surface area (Å²) in [7, 11) is -3.37. The number of nitrogens with one attached hydrogen (secondary N) is 2. The minimum Gasteiger partial charge on any atom is -0.351 e. The number of thiocarbonyl (C=S) groups is 1. The Kier molecular flexibility index (Phi) is 6.00. The zero-order valence-electron chi connectivity index (χ0n) is 19.2. The summed E-state index contributed by atoms with van der Waals surface area (Å²) >= 11 is 5.80. The summed E-state index contributed by atoms with van der Waals surface area (Å²) in [5, 5.41) is 4.00. The maximum atomic E-state index is 11.6. The molecular formula is C25H24N6O2S2. The smallest absolute Gasteiger partial charge is 0.229 e. The lowest BCUT2D eigenvalue weighted by molar-refractivity contribution is 0.548. The van der Waals surface area contributed by atoms with E-state index in [4.69, 9.17) is 12.2 Å². The molecule has 1 fully saturated rings. The van der Waals surface area contributed by atoms with E-state index in [9.17, 15) is 8.42 Å². The minimum absolute atomic E-state index is 0.211. The van der Waals surface area contributed by atoms with E-state index in [1.54, 1.807) is 18.3 Å². The molecule has 1 aliphatic rings. The number of sulfonamides is 1. The molecule has 0 unspecified atom stereocenters. The minimum atomic E-state index is -3.37. The zero-order valence-corrected chi connectivity index (χ0v) is 20.8. The van der Waals surface area contributed by atoms with Gasteiger partial charge in [-0.25, -0.2) is 13.4 Å². The van der Waals surface area contributed by atoms with Crippen molar-refractivity contribution in [3.05, 3.63) is 102 Å². The number of hydrogen-bond acceptors (Lipinski definition) is 5. The SMILES string of the molecule is Cc1ccc(-n2cccc2[C@H]2[C@@H](c3ccccn3)NC(=S)N2c2ccc(NS(C)(=O)=O)cc2)nc1. The van der Waals surface area contributed by atoms with Gasteiger partial charge in [0.05, 0.1) is 18.0 Å². The standard InChI is InChI=1S/C25H24N6O2S2/c1-17-8-13-22(27-16-17)30-15-5-7-21(30)24-23(20-6-3-4-14-26-20)28-25(34)31(24)19-11-9-18(10-12-19)29-35(2,32)33/h3-16,23-24,29H,1-2H3,(H,28,34)/t23-,24+/m1/s1. The maximum absolute atomic E-state index is 11.6. The second-order valence-corrected chi connectivity index (χ2v) is 10.5. The number of aromatic nitrogens is 3. The molecule has 4 aromatic rings. The second kappa shape index (κ2) is 9.12. The molecule has 5 rings (SSSR count). The Morgan fingerprint density at radius 1 is 1.00 bits per heavy atom. The molecule has 0 aliphatic carbocycles. The fourth-order valence-electron chi connectivity index (χ4n) is 4.28. The average molecular weight is 505 g/mol. The van der Waals surface area contributed by atoms with Crippen molar-refractivity contribution in [2.75, 3.05) is 15.9 Å². The fraction of sp³-hybridized carbons (Fsp3) is 0.160. The first-order chi connectivity index (χ1) is 16.8. The van der Waals surface area contributed by atoms with Crippen LogP contribution in [0.2, 0.25) is 0 Å². The highest BCUT2D eigenvalue weighted by molar-refractivity contribution is 7.92. The van der Waals surface area contributed by atoms with Crippen LogP contribution < -0.4 is 14.9 Å². The molecule has 1 saturated heterocycles. The fourth-order valence-corrected chi connectivity index (χ4v) is 5.19. The van der Waals surface area contributed by atoms with E-state index in [1.807, 2.05) is 72.7 Å². The van der Waals surface area contributed by atoms with Crippen molar-refractivity contribution >= 4 is 38.7 Å². The van der Waals surface area contributed by atoms with Gasteiger partial charge >= 0.3 is 0 Å². The molecule has 0 radical (unpaired) electrons. The van der Waals surface area contributed by atoms with Gasteiger partial charge in [0.25, 0.3) is 0 Å². The quantitative estimate of drug-likeness (QED) is 0.382. The van der Waals surface area contributed by atoms with Crippen LogP contribution in [0, 0.1) is 6.92 Å². The van der Waals surface area contributed by atoms with Crippen molar-refractivity contribution in [2.24, 2.45) is 0 Å². The van der Waals surface area contributed by atoms with Gasteiger partial charge in [0.1, 0.15) is 11.9 Å². The molecule has 1 aliphatic heterocycles. The van der Waals surface area contributed by atoms with Crippen molar-refractivity contribution in [3.63, 3.8) is 0 Å². The van der Waals surface area contributed by atoms with E-state index < -0.39 is 10.0 Å². The molecular weight excluding hydrogens is 480 g/mol. The first-order valence-electron chi connectivity index (χ1n) is 11.0. The number of nitrogens with zero attached hydrogens (tertiary/aromatic N) is 4. The topological polar surface area (TPSA) is 92.2 Å². The van der Waals surface area contributed by atoms with E-state index in [-0.39, 0.29) is 12.1 Å². The van der Waals surface area contributed by atoms with Crippen molar-refractivity contribution < 1.29 is 8.42 Å². The average Bonchev–Trinajstić information content (AvgIpc) is 3.44. The summed E-state index contributed by atoms with van der Waals surface area (Å²) in [6, 6.07) is 20.6. The summed E-state index contributed by atoms with van der Waals surface area (Å²) in [6.07, 6.45) is 6.73. The van der Waals surface area contributed by atoms with E-state index in [0.29, 0.717) is 10.8 Å². The van der Waals surface area contributed by atoms with Crippen LogP contribution in [0.15, 0.2) is 85.3 Å². The summed E-state index contributed by atoms with van der Waals surface area (Å²) in [5.41, 5.74) is 4.25. The first-order valence-corrected chi connectivity index (χ1v) is 13.3. The highest BCUT2D eigenvalue weighted by atomic mass is 32.2. The Labute approximate surface area is 209 Å². The molecule has 2 atom stereocenters. The number of rotatable bonds is 6. The highest BCUT2D eigenvalue weighted by Crippen LogP contribution is 2.42. The molecule has 0 spiro atoms. The van der Waals surface area contributed by atoms with E-state index in [0.717, 1.165) is 34.7 Å².